The summed E-state index contributed by atoms with van der Waals surface area (Å²) in [7, 11) is 0. The summed E-state index contributed by atoms with van der Waals surface area (Å²) in [6.07, 6.45) is 4.80. The van der Waals surface area contributed by atoms with Gasteiger partial charge in [-0.05, 0) is 62.4 Å². The van der Waals surface area contributed by atoms with Crippen molar-refractivity contribution in [3.8, 4) is 0 Å². The highest BCUT2D eigenvalue weighted by Crippen LogP contribution is 2.29. The van der Waals surface area contributed by atoms with Gasteiger partial charge in [0.25, 0.3) is 0 Å². The van der Waals surface area contributed by atoms with E-state index in [1.54, 1.807) is 0 Å². The Hall–Kier alpha value is -1.46. The van der Waals surface area contributed by atoms with Crippen molar-refractivity contribution in [1.82, 2.24) is 14.7 Å². The van der Waals surface area contributed by atoms with Gasteiger partial charge in [-0.3, -0.25) is 14.6 Å². The first-order chi connectivity index (χ1) is 12.2. The maximum Gasteiger partial charge on any atom is 0.237 e. The smallest absolute Gasteiger partial charge is 0.237 e. The molecule has 0 aromatic heterocycles. The van der Waals surface area contributed by atoms with Crippen molar-refractivity contribution >= 4 is 5.91 Å². The summed E-state index contributed by atoms with van der Waals surface area (Å²) in [5.41, 5.74) is 1.15. The largest absolute Gasteiger partial charge is 0.337 e. The molecule has 4 heterocycles. The second kappa shape index (κ2) is 7.42. The fraction of sp³-hybridized carbons (Fsp3) is 0.650. The SMILES string of the molecule is O=C(CN1CCCC1)N1C[C@@H]2CC[C@H]1CN(Cc1ccc(F)cc1)C2. The lowest BCUT2D eigenvalue weighted by atomic mass is 9.95. The molecule has 1 amide bonds. The number of carbonyl (C=O) groups excluding carboxylic acids is 1. The van der Waals surface area contributed by atoms with Crippen molar-refractivity contribution in [2.45, 2.75) is 38.3 Å². The third-order valence-electron chi connectivity index (χ3n) is 5.99. The van der Waals surface area contributed by atoms with Gasteiger partial charge in [-0.15, -0.1) is 0 Å². The molecule has 1 aromatic carbocycles. The van der Waals surface area contributed by atoms with Crippen molar-refractivity contribution in [1.29, 1.82) is 0 Å². The Kier molecular flexibility index (Phi) is 5.04. The minimum absolute atomic E-state index is 0.182. The summed E-state index contributed by atoms with van der Waals surface area (Å²) in [5.74, 6) is 0.709. The first-order valence-corrected chi connectivity index (χ1v) is 9.66. The van der Waals surface area contributed by atoms with Gasteiger partial charge >= 0.3 is 0 Å². The molecule has 2 atom stereocenters. The van der Waals surface area contributed by atoms with Gasteiger partial charge in [-0.2, -0.15) is 0 Å². The minimum atomic E-state index is -0.182. The summed E-state index contributed by atoms with van der Waals surface area (Å²) < 4.78 is 13.1. The number of nitrogens with zero attached hydrogens (tertiary/aromatic N) is 3. The van der Waals surface area contributed by atoms with Crippen LogP contribution in [0.2, 0.25) is 0 Å². The molecule has 0 radical (unpaired) electrons. The molecule has 0 unspecified atom stereocenters. The number of likely N-dealkylation sites (tertiary alicyclic amines) is 1. The zero-order valence-corrected chi connectivity index (χ0v) is 14.9. The summed E-state index contributed by atoms with van der Waals surface area (Å²) >= 11 is 0. The van der Waals surface area contributed by atoms with Crippen molar-refractivity contribution in [2.24, 2.45) is 5.92 Å². The fourth-order valence-electron chi connectivity index (χ4n) is 4.68. The van der Waals surface area contributed by atoms with Gasteiger partial charge in [0.1, 0.15) is 5.82 Å². The van der Waals surface area contributed by atoms with Gasteiger partial charge in [-0.25, -0.2) is 4.39 Å². The predicted octanol–water partition coefficient (Wildman–Crippen LogP) is 2.34. The number of rotatable bonds is 4. The van der Waals surface area contributed by atoms with Gasteiger partial charge in [-0.1, -0.05) is 12.1 Å². The number of carbonyl (C=O) groups is 1. The second-order valence-electron chi connectivity index (χ2n) is 7.95. The molecule has 2 bridgehead atoms. The van der Waals surface area contributed by atoms with Crippen LogP contribution in [-0.4, -0.2) is 65.9 Å². The predicted molar refractivity (Wildman–Crippen MR) is 95.6 cm³/mol. The van der Waals surface area contributed by atoms with Crippen LogP contribution in [0.3, 0.4) is 0 Å². The molecule has 0 aliphatic carbocycles. The van der Waals surface area contributed by atoms with Gasteiger partial charge in [0.05, 0.1) is 6.54 Å². The molecule has 4 fully saturated rings. The van der Waals surface area contributed by atoms with Crippen LogP contribution in [0.25, 0.3) is 0 Å². The maximum atomic E-state index is 13.1. The lowest BCUT2D eigenvalue weighted by molar-refractivity contribution is -0.136. The van der Waals surface area contributed by atoms with Crippen LogP contribution in [-0.2, 0) is 11.3 Å². The van der Waals surface area contributed by atoms with Gasteiger partial charge in [0, 0.05) is 32.2 Å². The van der Waals surface area contributed by atoms with E-state index in [1.807, 2.05) is 12.1 Å². The number of halogens is 1. The highest BCUT2D eigenvalue weighted by atomic mass is 19.1. The summed E-state index contributed by atoms with van der Waals surface area (Å²) in [5, 5.41) is 0. The molecule has 4 saturated heterocycles. The Labute approximate surface area is 149 Å². The highest BCUT2D eigenvalue weighted by Gasteiger charge is 2.37. The van der Waals surface area contributed by atoms with E-state index < -0.39 is 0 Å². The normalized spacial score (nSPS) is 27.6. The lowest BCUT2D eigenvalue weighted by Crippen LogP contribution is -2.50. The van der Waals surface area contributed by atoms with Crippen LogP contribution in [0.4, 0.5) is 4.39 Å². The van der Waals surface area contributed by atoms with E-state index in [1.165, 1.54) is 31.4 Å². The monoisotopic (exact) mass is 345 g/mol. The molecule has 0 spiro atoms. The lowest BCUT2D eigenvalue weighted by Gasteiger charge is -2.37. The van der Waals surface area contributed by atoms with Gasteiger partial charge in [0.2, 0.25) is 5.91 Å². The second-order valence-corrected chi connectivity index (χ2v) is 7.95. The van der Waals surface area contributed by atoms with Crippen LogP contribution < -0.4 is 0 Å². The van der Waals surface area contributed by atoms with E-state index in [2.05, 4.69) is 14.7 Å². The number of piperidine rings is 1. The molecule has 5 heteroatoms. The third kappa shape index (κ3) is 4.04. The number of hydrogen-bond donors (Lipinski definition) is 0. The standard InChI is InChI=1S/C20H28FN3O/c21-18-6-3-16(4-7-18)11-23-12-17-5-8-19(14-23)24(13-17)20(25)15-22-9-1-2-10-22/h3-4,6-7,17,19H,1-2,5,8-15H2/t17-,19+/m1/s1. The van der Waals surface area contributed by atoms with Crippen molar-refractivity contribution in [3.05, 3.63) is 35.6 Å². The van der Waals surface area contributed by atoms with E-state index in [4.69, 9.17) is 0 Å². The third-order valence-corrected chi connectivity index (χ3v) is 5.99. The van der Waals surface area contributed by atoms with Crippen molar-refractivity contribution < 1.29 is 9.18 Å². The zero-order valence-electron chi connectivity index (χ0n) is 14.9. The fourth-order valence-corrected chi connectivity index (χ4v) is 4.68. The Bertz CT molecular complexity index is 599. The zero-order chi connectivity index (χ0) is 17.2. The number of hydrogen-bond acceptors (Lipinski definition) is 3. The summed E-state index contributed by atoms with van der Waals surface area (Å²) in [6, 6.07) is 7.16. The Balaban J connectivity index is 1.39. The number of fused-ring (bicyclic) bond motifs is 4. The van der Waals surface area contributed by atoms with Crippen LogP contribution in [0.5, 0.6) is 0 Å². The Morgan fingerprint density at radius 1 is 1.00 bits per heavy atom. The average molecular weight is 345 g/mol. The quantitative estimate of drug-likeness (QED) is 0.838. The maximum absolute atomic E-state index is 13.1. The first-order valence-electron chi connectivity index (χ1n) is 9.66. The van der Waals surface area contributed by atoms with Crippen LogP contribution >= 0.6 is 0 Å². The Morgan fingerprint density at radius 2 is 1.76 bits per heavy atom. The van der Waals surface area contributed by atoms with Gasteiger partial charge < -0.3 is 4.90 Å². The molecule has 1 aromatic rings. The number of benzene rings is 1. The van der Waals surface area contributed by atoms with E-state index in [0.29, 0.717) is 24.4 Å². The molecule has 4 aliphatic heterocycles. The van der Waals surface area contributed by atoms with E-state index in [-0.39, 0.29) is 5.82 Å². The van der Waals surface area contributed by atoms with E-state index >= 15 is 0 Å². The molecule has 136 valence electrons. The van der Waals surface area contributed by atoms with Crippen LogP contribution in [0, 0.1) is 11.7 Å². The van der Waals surface area contributed by atoms with Crippen LogP contribution in [0.15, 0.2) is 24.3 Å². The topological polar surface area (TPSA) is 26.8 Å². The molecule has 5 rings (SSSR count). The molecule has 4 aliphatic rings. The molecule has 25 heavy (non-hydrogen) atoms. The first kappa shape index (κ1) is 17.0. The van der Waals surface area contributed by atoms with E-state index in [0.717, 1.165) is 51.3 Å². The minimum Gasteiger partial charge on any atom is -0.337 e. The molecule has 0 saturated carbocycles. The average Bonchev–Trinajstić information content (AvgIpc) is 2.96. The molecule has 0 N–H and O–H groups in total. The highest BCUT2D eigenvalue weighted by molar-refractivity contribution is 5.78. The van der Waals surface area contributed by atoms with Crippen molar-refractivity contribution in [3.63, 3.8) is 0 Å². The molecular formula is C20H28FN3O. The summed E-state index contributed by atoms with van der Waals surface area (Å²) in [6.45, 7) is 6.50. The Morgan fingerprint density at radius 3 is 2.52 bits per heavy atom. The molecule has 4 nitrogen and oxygen atoms in total. The van der Waals surface area contributed by atoms with Crippen molar-refractivity contribution in [2.75, 3.05) is 39.3 Å². The summed E-state index contributed by atoms with van der Waals surface area (Å²) in [4.78, 5) is 19.7. The van der Waals surface area contributed by atoms with Crippen LogP contribution in [0.1, 0.15) is 31.2 Å². The van der Waals surface area contributed by atoms with Gasteiger partial charge in [0.15, 0.2) is 0 Å². The number of amides is 1. The van der Waals surface area contributed by atoms with E-state index in [9.17, 15) is 9.18 Å². The molecular weight excluding hydrogens is 317 g/mol.